The molecule has 2 rings (SSSR count). The van der Waals surface area contributed by atoms with E-state index >= 15 is 0 Å². The summed E-state index contributed by atoms with van der Waals surface area (Å²) in [5, 5.41) is 0. The predicted octanol–water partition coefficient (Wildman–Crippen LogP) is 7.01. The summed E-state index contributed by atoms with van der Waals surface area (Å²) in [6.45, 7) is 2.19. The zero-order chi connectivity index (χ0) is 18.0. The average molecular weight is 377 g/mol. The fraction of sp³-hybridized carbons (Fsp3) is 0.400. The Bertz CT molecular complexity index is 651. The molecule has 136 valence electrons. The van der Waals surface area contributed by atoms with Crippen molar-refractivity contribution in [1.29, 1.82) is 0 Å². The van der Waals surface area contributed by atoms with Gasteiger partial charge in [-0.3, -0.25) is 9.24 Å². The second kappa shape index (κ2) is 10.7. The molecule has 0 aliphatic carbocycles. The molecule has 5 heteroatoms. The Morgan fingerprint density at radius 1 is 0.920 bits per heavy atom. The van der Waals surface area contributed by atoms with Gasteiger partial charge in [-0.25, -0.2) is 0 Å². The highest BCUT2D eigenvalue weighted by Crippen LogP contribution is 2.66. The largest absolute Gasteiger partial charge is 0.358 e. The van der Waals surface area contributed by atoms with Crippen LogP contribution in [-0.2, 0) is 9.09 Å². The van der Waals surface area contributed by atoms with Crippen LogP contribution in [0.5, 0.6) is 0 Å². The van der Waals surface area contributed by atoms with Crippen LogP contribution in [0.3, 0.4) is 0 Å². The van der Waals surface area contributed by atoms with E-state index in [2.05, 4.69) is 6.92 Å². The molecule has 0 spiro atoms. The lowest BCUT2D eigenvalue weighted by Gasteiger charge is -2.32. The highest BCUT2D eigenvalue weighted by Gasteiger charge is 2.33. The average Bonchev–Trinajstić information content (AvgIpc) is 2.63. The molecule has 0 fully saturated rings. The van der Waals surface area contributed by atoms with E-state index in [9.17, 15) is 4.57 Å². The number of para-hydroxylation sites is 1. The van der Waals surface area contributed by atoms with Crippen LogP contribution in [-0.4, -0.2) is 13.2 Å². The zero-order valence-electron chi connectivity index (χ0n) is 15.1. The predicted molar refractivity (Wildman–Crippen MR) is 109 cm³/mol. The smallest absolute Gasteiger partial charge is 0.306 e. The van der Waals surface area contributed by atoms with Crippen molar-refractivity contribution in [2.45, 2.75) is 44.4 Å². The summed E-state index contributed by atoms with van der Waals surface area (Å²) in [6, 6.07) is 19.8. The third-order valence-electron chi connectivity index (χ3n) is 3.83. The molecular formula is C20H28NO2PS. The zero-order valence-corrected chi connectivity index (χ0v) is 16.8. The van der Waals surface area contributed by atoms with Gasteiger partial charge in [-0.1, -0.05) is 62.6 Å². The molecule has 1 unspecified atom stereocenters. The highest BCUT2D eigenvalue weighted by atomic mass is 32.7. The minimum atomic E-state index is -3.07. The molecule has 0 aromatic heterocycles. The Kier molecular flexibility index (Phi) is 8.60. The number of hydrogen-bond donors (Lipinski definition) is 0. The van der Waals surface area contributed by atoms with Gasteiger partial charge in [0.2, 0.25) is 0 Å². The number of benzene rings is 2. The summed E-state index contributed by atoms with van der Waals surface area (Å²) in [5.41, 5.74) is 0.958. The van der Waals surface area contributed by atoms with Gasteiger partial charge in [0, 0.05) is 17.1 Å². The maximum Gasteiger partial charge on any atom is 0.358 e. The van der Waals surface area contributed by atoms with E-state index in [4.69, 9.17) is 4.52 Å². The maximum absolute atomic E-state index is 13.8. The van der Waals surface area contributed by atoms with Crippen molar-refractivity contribution in [3.05, 3.63) is 60.7 Å². The first-order chi connectivity index (χ1) is 12.2. The monoisotopic (exact) mass is 377 g/mol. The van der Waals surface area contributed by atoms with Crippen LogP contribution < -0.4 is 4.67 Å². The van der Waals surface area contributed by atoms with E-state index in [0.717, 1.165) is 30.0 Å². The van der Waals surface area contributed by atoms with Crippen LogP contribution in [0, 0.1) is 0 Å². The first kappa shape index (κ1) is 20.1. The molecule has 0 radical (unpaired) electrons. The number of rotatable bonds is 11. The molecule has 0 saturated heterocycles. The number of hydrogen-bond acceptors (Lipinski definition) is 3. The van der Waals surface area contributed by atoms with Crippen molar-refractivity contribution in [2.75, 3.05) is 17.8 Å². The van der Waals surface area contributed by atoms with Gasteiger partial charge in [-0.15, -0.1) is 0 Å². The maximum atomic E-state index is 13.8. The van der Waals surface area contributed by atoms with E-state index in [1.54, 1.807) is 0 Å². The van der Waals surface area contributed by atoms with E-state index in [1.165, 1.54) is 24.2 Å². The molecule has 1 atom stereocenters. The van der Waals surface area contributed by atoms with Crippen molar-refractivity contribution in [3.63, 3.8) is 0 Å². The number of unbranched alkanes of at least 4 members (excludes halogenated alkanes) is 3. The fourth-order valence-electron chi connectivity index (χ4n) is 2.60. The second-order valence-corrected chi connectivity index (χ2v) is 10.1. The molecule has 0 aliphatic rings. The molecule has 0 amide bonds. The molecule has 0 heterocycles. The van der Waals surface area contributed by atoms with Crippen LogP contribution in [0.25, 0.3) is 0 Å². The van der Waals surface area contributed by atoms with E-state index < -0.39 is 6.72 Å². The first-order valence-corrected chi connectivity index (χ1v) is 12.0. The fourth-order valence-corrected chi connectivity index (χ4v) is 7.03. The van der Waals surface area contributed by atoms with E-state index in [-0.39, 0.29) is 0 Å². The minimum absolute atomic E-state index is 0.426. The van der Waals surface area contributed by atoms with Gasteiger partial charge in [-0.2, -0.15) is 0 Å². The summed E-state index contributed by atoms with van der Waals surface area (Å²) >= 11 is 1.34. The molecule has 25 heavy (non-hydrogen) atoms. The molecule has 0 saturated carbocycles. The van der Waals surface area contributed by atoms with Crippen molar-refractivity contribution in [2.24, 2.45) is 0 Å². The molecule has 2 aromatic rings. The molecule has 3 nitrogen and oxygen atoms in total. The molecule has 0 aliphatic heterocycles. The topological polar surface area (TPSA) is 29.5 Å². The van der Waals surface area contributed by atoms with Crippen molar-refractivity contribution in [1.82, 2.24) is 0 Å². The minimum Gasteiger partial charge on any atom is -0.306 e. The standard InChI is InChI=1S/C20H28NO2PS/c1-3-5-6-13-18-21(19-14-9-7-10-15-19)24(22,23-4-2)25-20-16-11-8-12-17-20/h7-12,14-17H,3-6,13,18H2,1-2H3. The first-order valence-electron chi connectivity index (χ1n) is 9.02. The van der Waals surface area contributed by atoms with Gasteiger partial charge in [0.05, 0.1) is 6.61 Å². The second-order valence-electron chi connectivity index (χ2n) is 5.81. The normalized spacial score (nSPS) is 13.4. The Morgan fingerprint density at radius 3 is 2.16 bits per heavy atom. The Morgan fingerprint density at radius 2 is 1.56 bits per heavy atom. The third kappa shape index (κ3) is 6.22. The van der Waals surface area contributed by atoms with Crippen LogP contribution >= 0.6 is 18.1 Å². The van der Waals surface area contributed by atoms with Crippen molar-refractivity contribution >= 4 is 23.8 Å². The van der Waals surface area contributed by atoms with E-state index in [0.29, 0.717) is 6.61 Å². The van der Waals surface area contributed by atoms with Gasteiger partial charge in [-0.05, 0) is 49.0 Å². The Hall–Kier alpha value is -1.22. The lowest BCUT2D eigenvalue weighted by atomic mass is 10.2. The molecule has 0 N–H and O–H groups in total. The Balaban J connectivity index is 2.27. The summed E-state index contributed by atoms with van der Waals surface area (Å²) in [4.78, 5) is 0.966. The quantitative estimate of drug-likeness (QED) is 0.311. The summed E-state index contributed by atoms with van der Waals surface area (Å²) in [6.07, 6.45) is 4.54. The molecule has 0 bridgehead atoms. The lowest BCUT2D eigenvalue weighted by molar-refractivity contribution is 0.343. The van der Waals surface area contributed by atoms with Crippen LogP contribution in [0.2, 0.25) is 0 Å². The SMILES string of the molecule is CCCCCCN(c1ccccc1)P(=O)(OCC)Sc1ccccc1. The van der Waals surface area contributed by atoms with E-state index in [1.807, 2.05) is 72.3 Å². The summed E-state index contributed by atoms with van der Waals surface area (Å²) in [5.74, 6) is 0. The third-order valence-corrected chi connectivity index (χ3v) is 8.38. The van der Waals surface area contributed by atoms with Crippen LogP contribution in [0.4, 0.5) is 5.69 Å². The van der Waals surface area contributed by atoms with Crippen LogP contribution in [0.1, 0.15) is 39.5 Å². The summed E-state index contributed by atoms with van der Waals surface area (Å²) in [7, 11) is 0. The van der Waals surface area contributed by atoms with Gasteiger partial charge in [0.15, 0.2) is 0 Å². The van der Waals surface area contributed by atoms with Gasteiger partial charge >= 0.3 is 6.72 Å². The molecule has 2 aromatic carbocycles. The number of nitrogens with zero attached hydrogens (tertiary/aromatic N) is 1. The molecular weight excluding hydrogens is 349 g/mol. The van der Waals surface area contributed by atoms with Crippen molar-refractivity contribution in [3.8, 4) is 0 Å². The van der Waals surface area contributed by atoms with Crippen molar-refractivity contribution < 1.29 is 9.09 Å². The highest BCUT2D eigenvalue weighted by molar-refractivity contribution is 8.57. The number of anilines is 1. The van der Waals surface area contributed by atoms with Gasteiger partial charge in [0.1, 0.15) is 0 Å². The summed E-state index contributed by atoms with van der Waals surface area (Å²) < 4.78 is 21.6. The van der Waals surface area contributed by atoms with Crippen LogP contribution in [0.15, 0.2) is 65.6 Å². The van der Waals surface area contributed by atoms with Gasteiger partial charge < -0.3 is 4.52 Å². The lowest BCUT2D eigenvalue weighted by Crippen LogP contribution is -2.21. The van der Waals surface area contributed by atoms with Gasteiger partial charge in [0.25, 0.3) is 0 Å². The Labute approximate surface area is 156 Å².